The first-order valence-corrected chi connectivity index (χ1v) is 5.26. The van der Waals surface area contributed by atoms with Crippen molar-refractivity contribution in [2.75, 3.05) is 25.1 Å². The number of nitrogens with two attached hydrogens (primary N) is 1. The molecule has 2 N–H and O–H groups in total. The number of hydrogen-bond acceptors (Lipinski definition) is 5. The highest BCUT2D eigenvalue weighted by Crippen LogP contribution is 2.21. The third kappa shape index (κ3) is 1.99. The fourth-order valence-corrected chi connectivity index (χ4v) is 1.90. The molecule has 1 aromatic heterocycles. The first-order valence-electron chi connectivity index (χ1n) is 5.26. The zero-order valence-electron chi connectivity index (χ0n) is 9.22. The first-order chi connectivity index (χ1) is 7.72. The zero-order chi connectivity index (χ0) is 11.5. The van der Waals surface area contributed by atoms with E-state index in [9.17, 15) is 4.79 Å². The molecule has 2 heterocycles. The Hall–Kier alpha value is -1.62. The van der Waals surface area contributed by atoms with Crippen molar-refractivity contribution < 1.29 is 9.53 Å². The number of carbonyl (C=O) groups excluding carboxylic acids is 1. The Morgan fingerprint density at radius 2 is 2.50 bits per heavy atom. The van der Waals surface area contributed by atoms with E-state index in [-0.39, 0.29) is 12.0 Å². The molecule has 0 spiro atoms. The SMILES string of the molecule is COC(=O)c1cccnc1N1CC[C@H](N)C1. The normalized spacial score (nSPS) is 19.9. The van der Waals surface area contributed by atoms with Gasteiger partial charge >= 0.3 is 5.97 Å². The van der Waals surface area contributed by atoms with Crippen LogP contribution >= 0.6 is 0 Å². The van der Waals surface area contributed by atoms with E-state index in [1.54, 1.807) is 18.3 Å². The van der Waals surface area contributed by atoms with Crippen LogP contribution in [0.2, 0.25) is 0 Å². The number of carbonyl (C=O) groups is 1. The van der Waals surface area contributed by atoms with Crippen LogP contribution in [-0.4, -0.2) is 37.2 Å². The van der Waals surface area contributed by atoms with Crippen LogP contribution in [0.4, 0.5) is 5.82 Å². The monoisotopic (exact) mass is 221 g/mol. The van der Waals surface area contributed by atoms with Gasteiger partial charge in [-0.2, -0.15) is 0 Å². The van der Waals surface area contributed by atoms with Gasteiger partial charge in [-0.15, -0.1) is 0 Å². The molecule has 0 amide bonds. The van der Waals surface area contributed by atoms with Crippen LogP contribution in [0.25, 0.3) is 0 Å². The van der Waals surface area contributed by atoms with Crippen molar-refractivity contribution in [1.29, 1.82) is 0 Å². The highest BCUT2D eigenvalue weighted by atomic mass is 16.5. The molecule has 1 aliphatic rings. The molecule has 5 nitrogen and oxygen atoms in total. The largest absolute Gasteiger partial charge is 0.465 e. The maximum atomic E-state index is 11.6. The second-order valence-corrected chi connectivity index (χ2v) is 3.86. The Labute approximate surface area is 94.2 Å². The van der Waals surface area contributed by atoms with Gasteiger partial charge < -0.3 is 15.4 Å². The molecule has 16 heavy (non-hydrogen) atoms. The molecule has 1 aliphatic heterocycles. The van der Waals surface area contributed by atoms with Crippen molar-refractivity contribution >= 4 is 11.8 Å². The highest BCUT2D eigenvalue weighted by Gasteiger charge is 2.24. The van der Waals surface area contributed by atoms with Crippen LogP contribution < -0.4 is 10.6 Å². The average molecular weight is 221 g/mol. The van der Waals surface area contributed by atoms with E-state index in [1.807, 2.05) is 4.90 Å². The minimum atomic E-state index is -0.358. The highest BCUT2D eigenvalue weighted by molar-refractivity contribution is 5.94. The number of ether oxygens (including phenoxy) is 1. The van der Waals surface area contributed by atoms with E-state index in [0.717, 1.165) is 19.5 Å². The second kappa shape index (κ2) is 4.49. The Morgan fingerprint density at radius 3 is 3.12 bits per heavy atom. The predicted octanol–water partition coefficient (Wildman–Crippen LogP) is 0.406. The molecule has 1 fully saturated rings. The fourth-order valence-electron chi connectivity index (χ4n) is 1.90. The summed E-state index contributed by atoms with van der Waals surface area (Å²) >= 11 is 0. The van der Waals surface area contributed by atoms with Gasteiger partial charge in [0, 0.05) is 25.3 Å². The van der Waals surface area contributed by atoms with Crippen molar-refractivity contribution in [1.82, 2.24) is 4.98 Å². The zero-order valence-corrected chi connectivity index (χ0v) is 9.22. The molecule has 1 aromatic rings. The number of rotatable bonds is 2. The third-order valence-corrected chi connectivity index (χ3v) is 2.72. The summed E-state index contributed by atoms with van der Waals surface area (Å²) in [6, 6.07) is 3.61. The standard InChI is InChI=1S/C11H15N3O2/c1-16-11(15)9-3-2-5-13-10(9)14-6-4-8(12)7-14/h2-3,5,8H,4,6-7,12H2,1H3/t8-/m0/s1. The summed E-state index contributed by atoms with van der Waals surface area (Å²) in [4.78, 5) is 17.8. The minimum absolute atomic E-state index is 0.160. The minimum Gasteiger partial charge on any atom is -0.465 e. The molecule has 86 valence electrons. The van der Waals surface area contributed by atoms with Gasteiger partial charge in [0.25, 0.3) is 0 Å². The van der Waals surface area contributed by atoms with E-state index in [4.69, 9.17) is 10.5 Å². The summed E-state index contributed by atoms with van der Waals surface area (Å²) < 4.78 is 4.73. The maximum absolute atomic E-state index is 11.6. The van der Waals surface area contributed by atoms with Crippen LogP contribution in [-0.2, 0) is 4.74 Å². The van der Waals surface area contributed by atoms with Crippen molar-refractivity contribution in [2.24, 2.45) is 5.73 Å². The summed E-state index contributed by atoms with van der Waals surface area (Å²) in [5, 5.41) is 0. The molecule has 0 unspecified atom stereocenters. The molecular formula is C11H15N3O2. The van der Waals surface area contributed by atoms with Crippen LogP contribution in [0, 0.1) is 0 Å². The number of nitrogens with zero attached hydrogens (tertiary/aromatic N) is 2. The van der Waals surface area contributed by atoms with Crippen molar-refractivity contribution in [3.8, 4) is 0 Å². The number of esters is 1. The molecule has 5 heteroatoms. The number of methoxy groups -OCH3 is 1. The van der Waals surface area contributed by atoms with Crippen LogP contribution in [0.15, 0.2) is 18.3 Å². The molecule has 2 rings (SSSR count). The Balaban J connectivity index is 2.29. The predicted molar refractivity (Wildman–Crippen MR) is 60.4 cm³/mol. The summed E-state index contributed by atoms with van der Waals surface area (Å²) in [6.45, 7) is 1.57. The fraction of sp³-hybridized carbons (Fsp3) is 0.455. The van der Waals surface area contributed by atoms with Gasteiger partial charge in [0.05, 0.1) is 7.11 Å². The van der Waals surface area contributed by atoms with E-state index in [2.05, 4.69) is 4.98 Å². The number of hydrogen-bond donors (Lipinski definition) is 1. The quantitative estimate of drug-likeness (QED) is 0.732. The third-order valence-electron chi connectivity index (χ3n) is 2.72. The lowest BCUT2D eigenvalue weighted by Crippen LogP contribution is -2.28. The molecule has 1 saturated heterocycles. The lowest BCUT2D eigenvalue weighted by Gasteiger charge is -2.18. The maximum Gasteiger partial charge on any atom is 0.341 e. The van der Waals surface area contributed by atoms with Crippen LogP contribution in [0.1, 0.15) is 16.8 Å². The topological polar surface area (TPSA) is 68.5 Å². The average Bonchev–Trinajstić information content (AvgIpc) is 2.75. The van der Waals surface area contributed by atoms with Crippen molar-refractivity contribution in [3.63, 3.8) is 0 Å². The van der Waals surface area contributed by atoms with Crippen molar-refractivity contribution in [2.45, 2.75) is 12.5 Å². The van der Waals surface area contributed by atoms with Gasteiger partial charge in [0.15, 0.2) is 0 Å². The lowest BCUT2D eigenvalue weighted by molar-refractivity contribution is 0.0601. The van der Waals surface area contributed by atoms with Gasteiger partial charge in [-0.1, -0.05) is 0 Å². The molecule has 0 saturated carbocycles. The number of pyridine rings is 1. The van der Waals surface area contributed by atoms with E-state index in [0.29, 0.717) is 11.4 Å². The molecule has 0 bridgehead atoms. The second-order valence-electron chi connectivity index (χ2n) is 3.86. The summed E-state index contributed by atoms with van der Waals surface area (Å²) in [6.07, 6.45) is 2.60. The Morgan fingerprint density at radius 1 is 1.69 bits per heavy atom. The molecule has 1 atom stereocenters. The van der Waals surface area contributed by atoms with E-state index < -0.39 is 0 Å². The van der Waals surface area contributed by atoms with Gasteiger partial charge in [-0.3, -0.25) is 0 Å². The van der Waals surface area contributed by atoms with Gasteiger partial charge in [0.1, 0.15) is 11.4 Å². The smallest absolute Gasteiger partial charge is 0.341 e. The van der Waals surface area contributed by atoms with Gasteiger partial charge in [0.2, 0.25) is 0 Å². The van der Waals surface area contributed by atoms with E-state index in [1.165, 1.54) is 7.11 Å². The summed E-state index contributed by atoms with van der Waals surface area (Å²) in [7, 11) is 1.37. The first kappa shape index (κ1) is 10.9. The number of aromatic nitrogens is 1. The van der Waals surface area contributed by atoms with Crippen LogP contribution in [0.3, 0.4) is 0 Å². The molecular weight excluding hydrogens is 206 g/mol. The molecule has 0 radical (unpaired) electrons. The Bertz CT molecular complexity index is 395. The van der Waals surface area contributed by atoms with Crippen molar-refractivity contribution in [3.05, 3.63) is 23.9 Å². The van der Waals surface area contributed by atoms with Crippen LogP contribution in [0.5, 0.6) is 0 Å². The Kier molecular flexibility index (Phi) is 3.05. The van der Waals surface area contributed by atoms with E-state index >= 15 is 0 Å². The summed E-state index contributed by atoms with van der Waals surface area (Å²) in [5.74, 6) is 0.311. The summed E-state index contributed by atoms with van der Waals surface area (Å²) in [5.41, 5.74) is 6.33. The van der Waals surface area contributed by atoms with Gasteiger partial charge in [-0.05, 0) is 18.6 Å². The lowest BCUT2D eigenvalue weighted by atomic mass is 10.2. The number of anilines is 1. The molecule has 0 aliphatic carbocycles. The molecule has 0 aromatic carbocycles. The van der Waals surface area contributed by atoms with Gasteiger partial charge in [-0.25, -0.2) is 9.78 Å².